The molecule has 0 bridgehead atoms. The van der Waals surface area contributed by atoms with Crippen molar-refractivity contribution in [2.45, 2.75) is 55.2 Å². The molecule has 2 amide bonds. The number of phenolic OH excluding ortho intramolecular Hbond substituents is 1. The maximum atomic E-state index is 13.1. The number of carbonyl (C=O) groups excluding carboxylic acids is 2. The van der Waals surface area contributed by atoms with E-state index in [2.05, 4.69) is 5.32 Å². The molecule has 5 unspecified atom stereocenters. The van der Waals surface area contributed by atoms with Crippen LogP contribution in [0, 0.1) is 0 Å². The van der Waals surface area contributed by atoms with E-state index in [0.29, 0.717) is 5.56 Å². The number of fused-ring (bicyclic) bond motifs is 1. The van der Waals surface area contributed by atoms with E-state index in [-0.39, 0.29) is 29.1 Å². The van der Waals surface area contributed by atoms with Crippen LogP contribution in [-0.2, 0) is 14.4 Å². The van der Waals surface area contributed by atoms with Crippen molar-refractivity contribution in [3.8, 4) is 5.75 Å². The fraction of sp³-hybridized carbons (Fsp3) is 0.500. The molecule has 3 fully saturated rings. The van der Waals surface area contributed by atoms with Crippen LogP contribution in [0.5, 0.6) is 5.75 Å². The van der Waals surface area contributed by atoms with Gasteiger partial charge in [-0.2, -0.15) is 0 Å². The number of aromatic hydroxyl groups is 1. The summed E-state index contributed by atoms with van der Waals surface area (Å²) in [5.41, 5.74) is 0.707. The second-order valence-corrected chi connectivity index (χ2v) is 9.43. The Kier molecular flexibility index (Phi) is 3.94. The number of carbonyl (C=O) groups is 3. The molecule has 0 radical (unpaired) electrons. The first-order chi connectivity index (χ1) is 12.6. The third kappa shape index (κ3) is 2.52. The molecule has 1 aromatic carbocycles. The lowest BCUT2D eigenvalue weighted by molar-refractivity contribution is -0.168. The molecule has 9 heteroatoms. The van der Waals surface area contributed by atoms with E-state index >= 15 is 0 Å². The summed E-state index contributed by atoms with van der Waals surface area (Å²) >= 11 is 1.43. The summed E-state index contributed by atoms with van der Waals surface area (Å²) in [5, 5.41) is 21.8. The van der Waals surface area contributed by atoms with Crippen molar-refractivity contribution >= 4 is 29.5 Å². The Morgan fingerprint density at radius 2 is 1.78 bits per heavy atom. The molecule has 3 heterocycles. The van der Waals surface area contributed by atoms with Crippen molar-refractivity contribution in [1.29, 1.82) is 0 Å². The quantitative estimate of drug-likeness (QED) is 0.652. The molecule has 5 atom stereocenters. The van der Waals surface area contributed by atoms with Crippen LogP contribution < -0.4 is 5.32 Å². The van der Waals surface area contributed by atoms with Crippen molar-refractivity contribution < 1.29 is 24.6 Å². The normalized spacial score (nSPS) is 34.6. The molecule has 27 heavy (non-hydrogen) atoms. The van der Waals surface area contributed by atoms with Crippen LogP contribution >= 0.6 is 11.8 Å². The van der Waals surface area contributed by atoms with Crippen LogP contribution in [-0.4, -0.2) is 66.2 Å². The molecule has 8 nitrogen and oxygen atoms in total. The lowest BCUT2D eigenvalue weighted by atomic mass is 9.95. The van der Waals surface area contributed by atoms with Crippen molar-refractivity contribution in [2.24, 2.45) is 0 Å². The smallest absolute Gasteiger partial charge is 0.327 e. The van der Waals surface area contributed by atoms with Gasteiger partial charge in [0.05, 0.1) is 6.17 Å². The van der Waals surface area contributed by atoms with Crippen LogP contribution in [0.2, 0.25) is 0 Å². The molecule has 3 aliphatic heterocycles. The molecule has 3 N–H and O–H groups in total. The van der Waals surface area contributed by atoms with Gasteiger partial charge in [-0.15, -0.1) is 11.8 Å². The molecule has 144 valence electrons. The molecule has 3 saturated heterocycles. The third-order valence-electron chi connectivity index (χ3n) is 5.50. The number of benzene rings is 1. The van der Waals surface area contributed by atoms with Gasteiger partial charge in [-0.3, -0.25) is 14.9 Å². The lowest BCUT2D eigenvalue weighted by Crippen LogP contribution is -2.71. The fourth-order valence-electron chi connectivity index (χ4n) is 4.27. The van der Waals surface area contributed by atoms with Gasteiger partial charge in [-0.25, -0.2) is 4.79 Å². The number of aliphatic carboxylic acids is 1. The predicted octanol–water partition coefficient (Wildman–Crippen LogP) is 0.727. The maximum absolute atomic E-state index is 13.1. The summed E-state index contributed by atoms with van der Waals surface area (Å²) in [6, 6.07) is 4.20. The number of hydrogen-bond acceptors (Lipinski definition) is 6. The van der Waals surface area contributed by atoms with Gasteiger partial charge in [0.15, 0.2) is 0 Å². The monoisotopic (exact) mass is 391 g/mol. The molecule has 0 aromatic heterocycles. The van der Waals surface area contributed by atoms with Gasteiger partial charge in [-0.05, 0) is 38.5 Å². The number of thioether (sulfide) groups is 1. The summed E-state index contributed by atoms with van der Waals surface area (Å²) in [5.74, 6) is -1.45. The zero-order valence-electron chi connectivity index (χ0n) is 15.1. The number of rotatable bonds is 3. The number of carboxylic acid groups (broad SMARTS) is 1. The van der Waals surface area contributed by atoms with E-state index in [1.807, 2.05) is 20.8 Å². The third-order valence-corrected chi connectivity index (χ3v) is 7.06. The standard InChI is InChI=1S/C18H21N3O5S/c1-8-19-11(9-4-6-10(22)7-5-9)14(23)20(8)12-15(24)21-13(17(25)26)18(2,3)27-16(12)21/h4-8,11-13,16,19,22H,1-3H3,(H,25,26). The van der Waals surface area contributed by atoms with Crippen LogP contribution in [0.15, 0.2) is 24.3 Å². The minimum atomic E-state index is -1.03. The topological polar surface area (TPSA) is 110 Å². The largest absolute Gasteiger partial charge is 0.508 e. The van der Waals surface area contributed by atoms with Crippen molar-refractivity contribution in [3.63, 3.8) is 0 Å². The minimum Gasteiger partial charge on any atom is -0.508 e. The number of β-lactam (4-membered cyclic amide) rings is 1. The SMILES string of the molecule is CC1NC(c2ccc(O)cc2)C(=O)N1C1C(=O)N2C1SC(C)(C)C2C(=O)O. The summed E-state index contributed by atoms with van der Waals surface area (Å²) in [7, 11) is 0. The second-order valence-electron chi connectivity index (χ2n) is 7.66. The molecular weight excluding hydrogens is 370 g/mol. The van der Waals surface area contributed by atoms with Crippen LogP contribution in [0.1, 0.15) is 32.4 Å². The van der Waals surface area contributed by atoms with E-state index in [9.17, 15) is 24.6 Å². The maximum Gasteiger partial charge on any atom is 0.327 e. The first kappa shape index (κ1) is 18.1. The summed E-state index contributed by atoms with van der Waals surface area (Å²) < 4.78 is -0.628. The molecular formula is C18H21N3O5S. The Labute approximate surface area is 160 Å². The van der Waals surface area contributed by atoms with Crippen LogP contribution in [0.4, 0.5) is 0 Å². The summed E-state index contributed by atoms with van der Waals surface area (Å²) in [4.78, 5) is 40.4. The van der Waals surface area contributed by atoms with Crippen LogP contribution in [0.25, 0.3) is 0 Å². The molecule has 4 rings (SSSR count). The van der Waals surface area contributed by atoms with Gasteiger partial charge >= 0.3 is 5.97 Å². The number of amides is 2. The van der Waals surface area contributed by atoms with E-state index < -0.39 is 28.8 Å². The molecule has 0 saturated carbocycles. The number of carboxylic acids is 1. The number of nitrogens with zero attached hydrogens (tertiary/aromatic N) is 2. The van der Waals surface area contributed by atoms with E-state index in [0.717, 1.165) is 0 Å². The Balaban J connectivity index is 1.60. The van der Waals surface area contributed by atoms with Gasteiger partial charge in [0.2, 0.25) is 11.8 Å². The van der Waals surface area contributed by atoms with Crippen molar-refractivity contribution in [2.75, 3.05) is 0 Å². The Hall–Kier alpha value is -2.26. The zero-order chi connectivity index (χ0) is 19.7. The Morgan fingerprint density at radius 3 is 2.37 bits per heavy atom. The Bertz CT molecular complexity index is 827. The van der Waals surface area contributed by atoms with Gasteiger partial charge in [0, 0.05) is 4.75 Å². The van der Waals surface area contributed by atoms with Crippen molar-refractivity contribution in [1.82, 2.24) is 15.1 Å². The lowest BCUT2D eigenvalue weighted by Gasteiger charge is -2.48. The zero-order valence-corrected chi connectivity index (χ0v) is 15.9. The van der Waals surface area contributed by atoms with Crippen LogP contribution in [0.3, 0.4) is 0 Å². The summed E-state index contributed by atoms with van der Waals surface area (Å²) in [6.45, 7) is 5.44. The summed E-state index contributed by atoms with van der Waals surface area (Å²) in [6.07, 6.45) is -0.361. The molecule has 3 aliphatic rings. The van der Waals surface area contributed by atoms with E-state index in [4.69, 9.17) is 0 Å². The van der Waals surface area contributed by atoms with Gasteiger partial charge in [-0.1, -0.05) is 12.1 Å². The van der Waals surface area contributed by atoms with E-state index in [1.165, 1.54) is 33.7 Å². The highest BCUT2D eigenvalue weighted by atomic mass is 32.2. The predicted molar refractivity (Wildman–Crippen MR) is 97.8 cm³/mol. The van der Waals surface area contributed by atoms with Gasteiger partial charge < -0.3 is 20.0 Å². The molecule has 0 spiro atoms. The Morgan fingerprint density at radius 1 is 1.15 bits per heavy atom. The van der Waals surface area contributed by atoms with Gasteiger partial charge in [0.25, 0.3) is 0 Å². The van der Waals surface area contributed by atoms with Crippen molar-refractivity contribution in [3.05, 3.63) is 29.8 Å². The molecule has 0 aliphatic carbocycles. The highest BCUT2D eigenvalue weighted by Crippen LogP contribution is 2.52. The first-order valence-electron chi connectivity index (χ1n) is 8.73. The average Bonchev–Trinajstić information content (AvgIpc) is 3.01. The van der Waals surface area contributed by atoms with E-state index in [1.54, 1.807) is 12.1 Å². The average molecular weight is 391 g/mol. The minimum absolute atomic E-state index is 0.114. The fourth-order valence-corrected chi connectivity index (χ4v) is 5.95. The number of hydrogen-bond donors (Lipinski definition) is 3. The second kappa shape index (κ2) is 5.87. The highest BCUT2D eigenvalue weighted by molar-refractivity contribution is 8.01. The van der Waals surface area contributed by atoms with Gasteiger partial charge in [0.1, 0.15) is 29.2 Å². The highest BCUT2D eigenvalue weighted by Gasteiger charge is 2.67. The number of nitrogens with one attached hydrogen (secondary N) is 1. The first-order valence-corrected chi connectivity index (χ1v) is 9.61. The number of phenols is 1. The molecule has 1 aromatic rings.